The van der Waals surface area contributed by atoms with E-state index in [0.29, 0.717) is 0 Å². The molecule has 0 saturated heterocycles. The van der Waals surface area contributed by atoms with E-state index in [1.807, 2.05) is 12.1 Å². The van der Waals surface area contributed by atoms with Gasteiger partial charge in [0.1, 0.15) is 0 Å². The van der Waals surface area contributed by atoms with Crippen LogP contribution in [0.5, 0.6) is 0 Å². The minimum absolute atomic E-state index is 0.262. The lowest BCUT2D eigenvalue weighted by Crippen LogP contribution is -2.19. The molecule has 1 rings (SSSR count). The van der Waals surface area contributed by atoms with Crippen LogP contribution in [-0.2, 0) is 6.42 Å². The van der Waals surface area contributed by atoms with Crippen molar-refractivity contribution in [1.82, 2.24) is 0 Å². The van der Waals surface area contributed by atoms with Gasteiger partial charge in [-0.25, -0.2) is 0 Å². The molecule has 1 nitrogen and oxygen atoms in total. The zero-order valence-electron chi connectivity index (χ0n) is 7.95. The highest BCUT2D eigenvalue weighted by Gasteiger charge is 1.99. The maximum Gasteiger partial charge on any atom is 0.00764 e. The van der Waals surface area contributed by atoms with E-state index in [-0.39, 0.29) is 6.04 Å². The molecule has 70 valence electrons. The SMILES string of the molecule is C=CC[C@@H](N)CCc1ccccc1. The summed E-state index contributed by atoms with van der Waals surface area (Å²) in [7, 11) is 0. The number of rotatable bonds is 5. The third kappa shape index (κ3) is 3.90. The Labute approximate surface area is 80.3 Å². The Kier molecular flexibility index (Phi) is 4.27. The number of nitrogens with two attached hydrogens (primary N) is 1. The highest BCUT2D eigenvalue weighted by Crippen LogP contribution is 2.05. The number of hydrogen-bond acceptors (Lipinski definition) is 1. The van der Waals surface area contributed by atoms with Crippen LogP contribution in [0.2, 0.25) is 0 Å². The van der Waals surface area contributed by atoms with Gasteiger partial charge in [0.25, 0.3) is 0 Å². The summed E-state index contributed by atoms with van der Waals surface area (Å²) in [5, 5.41) is 0. The summed E-state index contributed by atoms with van der Waals surface area (Å²) in [6, 6.07) is 10.7. The average molecular weight is 175 g/mol. The lowest BCUT2D eigenvalue weighted by molar-refractivity contribution is 0.621. The highest BCUT2D eigenvalue weighted by molar-refractivity contribution is 5.14. The van der Waals surface area contributed by atoms with Gasteiger partial charge in [0.15, 0.2) is 0 Å². The lowest BCUT2D eigenvalue weighted by Gasteiger charge is -2.07. The third-order valence-corrected chi connectivity index (χ3v) is 2.12. The maximum atomic E-state index is 5.86. The van der Waals surface area contributed by atoms with Crippen molar-refractivity contribution < 1.29 is 0 Å². The molecule has 13 heavy (non-hydrogen) atoms. The molecule has 0 spiro atoms. The van der Waals surface area contributed by atoms with Gasteiger partial charge >= 0.3 is 0 Å². The first-order valence-corrected chi connectivity index (χ1v) is 4.73. The second kappa shape index (κ2) is 5.55. The van der Waals surface area contributed by atoms with E-state index in [1.54, 1.807) is 0 Å². The summed E-state index contributed by atoms with van der Waals surface area (Å²) < 4.78 is 0. The van der Waals surface area contributed by atoms with Crippen molar-refractivity contribution in [3.63, 3.8) is 0 Å². The first-order valence-electron chi connectivity index (χ1n) is 4.73. The second-order valence-corrected chi connectivity index (χ2v) is 3.31. The Morgan fingerprint density at radius 2 is 2.00 bits per heavy atom. The minimum atomic E-state index is 0.262. The molecule has 0 aromatic heterocycles. The van der Waals surface area contributed by atoms with Gasteiger partial charge in [-0.3, -0.25) is 0 Å². The van der Waals surface area contributed by atoms with Crippen LogP contribution in [-0.4, -0.2) is 6.04 Å². The molecule has 0 fully saturated rings. The van der Waals surface area contributed by atoms with Crippen molar-refractivity contribution in [1.29, 1.82) is 0 Å². The van der Waals surface area contributed by atoms with Gasteiger partial charge in [-0.15, -0.1) is 6.58 Å². The lowest BCUT2D eigenvalue weighted by atomic mass is 10.0. The molecule has 0 saturated carbocycles. The molecular formula is C12H17N. The Morgan fingerprint density at radius 1 is 1.31 bits per heavy atom. The van der Waals surface area contributed by atoms with E-state index in [1.165, 1.54) is 5.56 Å². The van der Waals surface area contributed by atoms with Crippen molar-refractivity contribution in [2.24, 2.45) is 5.73 Å². The van der Waals surface area contributed by atoms with Gasteiger partial charge in [-0.2, -0.15) is 0 Å². The quantitative estimate of drug-likeness (QED) is 0.684. The maximum absolute atomic E-state index is 5.86. The van der Waals surface area contributed by atoms with Crippen molar-refractivity contribution in [2.45, 2.75) is 25.3 Å². The molecule has 1 aromatic carbocycles. The van der Waals surface area contributed by atoms with Crippen molar-refractivity contribution in [3.05, 3.63) is 48.6 Å². The molecule has 2 N–H and O–H groups in total. The van der Waals surface area contributed by atoms with Crippen molar-refractivity contribution >= 4 is 0 Å². The van der Waals surface area contributed by atoms with Crippen LogP contribution in [0.25, 0.3) is 0 Å². The van der Waals surface area contributed by atoms with Crippen molar-refractivity contribution in [2.75, 3.05) is 0 Å². The first kappa shape index (κ1) is 10.0. The smallest absolute Gasteiger partial charge is 0.00764 e. The molecule has 0 aliphatic heterocycles. The predicted molar refractivity (Wildman–Crippen MR) is 57.6 cm³/mol. The minimum Gasteiger partial charge on any atom is -0.327 e. The van der Waals surface area contributed by atoms with Crippen LogP contribution in [0, 0.1) is 0 Å². The third-order valence-electron chi connectivity index (χ3n) is 2.12. The summed E-state index contributed by atoms with van der Waals surface area (Å²) >= 11 is 0. The van der Waals surface area contributed by atoms with Gasteiger partial charge in [0, 0.05) is 6.04 Å². The Hall–Kier alpha value is -1.08. The summed E-state index contributed by atoms with van der Waals surface area (Å²) in [5.41, 5.74) is 7.22. The zero-order valence-corrected chi connectivity index (χ0v) is 7.95. The van der Waals surface area contributed by atoms with E-state index in [0.717, 1.165) is 19.3 Å². The van der Waals surface area contributed by atoms with Gasteiger partial charge in [0.05, 0.1) is 0 Å². The van der Waals surface area contributed by atoms with E-state index >= 15 is 0 Å². The fourth-order valence-electron chi connectivity index (χ4n) is 1.33. The molecule has 0 aliphatic rings. The van der Waals surface area contributed by atoms with Crippen LogP contribution in [0.3, 0.4) is 0 Å². The molecule has 1 heteroatoms. The molecule has 0 radical (unpaired) electrons. The fraction of sp³-hybridized carbons (Fsp3) is 0.333. The fourth-order valence-corrected chi connectivity index (χ4v) is 1.33. The summed E-state index contributed by atoms with van der Waals surface area (Å²) in [6.07, 6.45) is 4.90. The summed E-state index contributed by atoms with van der Waals surface area (Å²) in [5.74, 6) is 0. The number of benzene rings is 1. The number of aryl methyl sites for hydroxylation is 1. The van der Waals surface area contributed by atoms with E-state index in [2.05, 4.69) is 30.8 Å². The van der Waals surface area contributed by atoms with Crippen LogP contribution in [0.15, 0.2) is 43.0 Å². The molecule has 0 unspecified atom stereocenters. The van der Waals surface area contributed by atoms with Gasteiger partial charge in [0.2, 0.25) is 0 Å². The van der Waals surface area contributed by atoms with E-state index < -0.39 is 0 Å². The summed E-state index contributed by atoms with van der Waals surface area (Å²) in [6.45, 7) is 3.68. The van der Waals surface area contributed by atoms with Crippen LogP contribution < -0.4 is 5.73 Å². The molecule has 0 amide bonds. The summed E-state index contributed by atoms with van der Waals surface area (Å²) in [4.78, 5) is 0. The Balaban J connectivity index is 2.30. The molecule has 0 aliphatic carbocycles. The van der Waals surface area contributed by atoms with Crippen LogP contribution in [0.1, 0.15) is 18.4 Å². The number of hydrogen-bond donors (Lipinski definition) is 1. The topological polar surface area (TPSA) is 26.0 Å². The average Bonchev–Trinajstić information content (AvgIpc) is 2.17. The molecule has 1 atom stereocenters. The van der Waals surface area contributed by atoms with Crippen molar-refractivity contribution in [3.8, 4) is 0 Å². The van der Waals surface area contributed by atoms with E-state index in [9.17, 15) is 0 Å². The Bertz CT molecular complexity index is 241. The Morgan fingerprint density at radius 3 is 2.62 bits per heavy atom. The second-order valence-electron chi connectivity index (χ2n) is 3.31. The highest BCUT2D eigenvalue weighted by atomic mass is 14.6. The normalized spacial score (nSPS) is 12.4. The molecular weight excluding hydrogens is 158 g/mol. The largest absolute Gasteiger partial charge is 0.327 e. The van der Waals surface area contributed by atoms with E-state index in [4.69, 9.17) is 5.73 Å². The molecule has 0 bridgehead atoms. The van der Waals surface area contributed by atoms with Gasteiger partial charge < -0.3 is 5.73 Å². The van der Waals surface area contributed by atoms with Crippen LogP contribution in [0.4, 0.5) is 0 Å². The van der Waals surface area contributed by atoms with Gasteiger partial charge in [-0.05, 0) is 24.8 Å². The molecule has 1 aromatic rings. The monoisotopic (exact) mass is 175 g/mol. The molecule has 0 heterocycles. The zero-order chi connectivity index (χ0) is 9.52. The van der Waals surface area contributed by atoms with Crippen LogP contribution >= 0.6 is 0 Å². The first-order chi connectivity index (χ1) is 6.33. The predicted octanol–water partition coefficient (Wildman–Crippen LogP) is 2.52. The standard InChI is InChI=1S/C12H17N/c1-2-6-12(13)10-9-11-7-4-3-5-8-11/h2-5,7-8,12H,1,6,9-10,13H2/t12-/m1/s1. The van der Waals surface area contributed by atoms with Gasteiger partial charge in [-0.1, -0.05) is 36.4 Å².